The maximum atomic E-state index is 10.3. The molecule has 1 rings (SSSR count). The summed E-state index contributed by atoms with van der Waals surface area (Å²) in [6.45, 7) is 1.91. The third-order valence-corrected chi connectivity index (χ3v) is 1.70. The van der Waals surface area contributed by atoms with Gasteiger partial charge in [-0.3, -0.25) is 0 Å². The first-order valence-corrected chi connectivity index (χ1v) is 3.34. The van der Waals surface area contributed by atoms with Gasteiger partial charge in [0.1, 0.15) is 12.4 Å². The van der Waals surface area contributed by atoms with Crippen LogP contribution in [0.15, 0.2) is 12.4 Å². The van der Waals surface area contributed by atoms with Crippen molar-refractivity contribution in [2.45, 2.75) is 13.5 Å². The van der Waals surface area contributed by atoms with Gasteiger partial charge in [-0.2, -0.15) is 0 Å². The third kappa shape index (κ3) is 2.47. The van der Waals surface area contributed by atoms with Crippen LogP contribution in [0.5, 0.6) is 0 Å². The Bertz CT molecular complexity index is 283. The molecular formula is C7H11IN2O2. The SMILES string of the molecule is Cc1n(CC(=O)O)cc[n+]1C.[I-]. The average molecular weight is 282 g/mol. The zero-order chi connectivity index (χ0) is 8.43. The minimum atomic E-state index is -0.815. The first-order valence-electron chi connectivity index (χ1n) is 3.34. The van der Waals surface area contributed by atoms with Crippen molar-refractivity contribution < 1.29 is 38.4 Å². The van der Waals surface area contributed by atoms with Gasteiger partial charge < -0.3 is 29.1 Å². The number of imidazole rings is 1. The molecule has 0 aliphatic heterocycles. The molecule has 68 valence electrons. The van der Waals surface area contributed by atoms with Gasteiger partial charge in [-0.25, -0.2) is 13.9 Å². The lowest BCUT2D eigenvalue weighted by molar-refractivity contribution is -0.677. The van der Waals surface area contributed by atoms with Gasteiger partial charge in [0.25, 0.3) is 5.82 Å². The Morgan fingerprint density at radius 1 is 1.75 bits per heavy atom. The van der Waals surface area contributed by atoms with Crippen molar-refractivity contribution >= 4 is 5.97 Å². The number of hydrogen-bond donors (Lipinski definition) is 1. The van der Waals surface area contributed by atoms with Gasteiger partial charge in [0.15, 0.2) is 6.54 Å². The number of aromatic nitrogens is 2. The predicted molar refractivity (Wildman–Crippen MR) is 38.0 cm³/mol. The zero-order valence-electron chi connectivity index (χ0n) is 6.99. The van der Waals surface area contributed by atoms with Crippen LogP contribution in [0.2, 0.25) is 0 Å². The number of carboxylic acid groups (broad SMARTS) is 1. The number of rotatable bonds is 2. The second kappa shape index (κ2) is 4.44. The normalized spacial score (nSPS) is 9.17. The monoisotopic (exact) mass is 282 g/mol. The van der Waals surface area contributed by atoms with Gasteiger partial charge in [-0.05, 0) is 0 Å². The van der Waals surface area contributed by atoms with E-state index in [2.05, 4.69) is 0 Å². The Labute approximate surface area is 87.8 Å². The van der Waals surface area contributed by atoms with Crippen molar-refractivity contribution in [3.63, 3.8) is 0 Å². The second-order valence-corrected chi connectivity index (χ2v) is 2.48. The fraction of sp³-hybridized carbons (Fsp3) is 0.429. The van der Waals surface area contributed by atoms with E-state index in [-0.39, 0.29) is 30.5 Å². The number of hydrogen-bond acceptors (Lipinski definition) is 1. The molecule has 0 fully saturated rings. The summed E-state index contributed by atoms with van der Waals surface area (Å²) >= 11 is 0. The van der Waals surface area contributed by atoms with E-state index in [1.165, 1.54) is 0 Å². The van der Waals surface area contributed by atoms with E-state index in [0.717, 1.165) is 5.82 Å². The summed E-state index contributed by atoms with van der Waals surface area (Å²) in [5.74, 6) is 0.122. The Hall–Kier alpha value is -0.590. The second-order valence-electron chi connectivity index (χ2n) is 2.48. The van der Waals surface area contributed by atoms with Gasteiger partial charge in [0, 0.05) is 6.92 Å². The first-order chi connectivity index (χ1) is 5.11. The van der Waals surface area contributed by atoms with Crippen LogP contribution in [0.25, 0.3) is 0 Å². The number of halogens is 1. The largest absolute Gasteiger partial charge is 1.00 e. The fourth-order valence-corrected chi connectivity index (χ4v) is 0.912. The maximum Gasteiger partial charge on any atom is 0.346 e. The van der Waals surface area contributed by atoms with Gasteiger partial charge >= 0.3 is 5.97 Å². The van der Waals surface area contributed by atoms with Crippen molar-refractivity contribution in [2.75, 3.05) is 0 Å². The first kappa shape index (κ1) is 11.4. The molecule has 5 heteroatoms. The summed E-state index contributed by atoms with van der Waals surface area (Å²) in [7, 11) is 1.88. The highest BCUT2D eigenvalue weighted by Crippen LogP contribution is 1.91. The lowest BCUT2D eigenvalue weighted by Gasteiger charge is -1.92. The molecule has 0 saturated carbocycles. The molecule has 0 radical (unpaired) electrons. The van der Waals surface area contributed by atoms with Crippen molar-refractivity contribution in [3.05, 3.63) is 18.2 Å². The summed E-state index contributed by atoms with van der Waals surface area (Å²) in [5.41, 5.74) is 0. The molecular weight excluding hydrogens is 271 g/mol. The van der Waals surface area contributed by atoms with Crippen LogP contribution in [0.4, 0.5) is 0 Å². The lowest BCUT2D eigenvalue weighted by atomic mass is 10.6. The Kier molecular flexibility index (Phi) is 4.22. The molecule has 0 amide bonds. The molecule has 1 N–H and O–H groups in total. The van der Waals surface area contributed by atoms with Crippen LogP contribution < -0.4 is 28.5 Å². The van der Waals surface area contributed by atoms with Crippen molar-refractivity contribution in [1.82, 2.24) is 4.57 Å². The van der Waals surface area contributed by atoms with Crippen LogP contribution >= 0.6 is 0 Å². The number of nitrogens with zero attached hydrogens (tertiary/aromatic N) is 2. The molecule has 0 aromatic carbocycles. The van der Waals surface area contributed by atoms with E-state index in [1.807, 2.05) is 24.7 Å². The smallest absolute Gasteiger partial charge is 0.346 e. The maximum absolute atomic E-state index is 10.3. The van der Waals surface area contributed by atoms with Gasteiger partial charge in [0.2, 0.25) is 0 Å². The fourth-order valence-electron chi connectivity index (χ4n) is 0.912. The molecule has 12 heavy (non-hydrogen) atoms. The Balaban J connectivity index is 0.00000121. The predicted octanol–water partition coefficient (Wildman–Crippen LogP) is -3.29. The molecule has 4 nitrogen and oxygen atoms in total. The molecule has 0 saturated heterocycles. The van der Waals surface area contributed by atoms with E-state index in [0.29, 0.717) is 0 Å². The number of aryl methyl sites for hydroxylation is 1. The highest BCUT2D eigenvalue weighted by Gasteiger charge is 2.10. The third-order valence-electron chi connectivity index (χ3n) is 1.70. The zero-order valence-corrected chi connectivity index (χ0v) is 9.15. The summed E-state index contributed by atoms with van der Waals surface area (Å²) in [6.07, 6.45) is 3.59. The highest BCUT2D eigenvalue weighted by atomic mass is 127. The van der Waals surface area contributed by atoms with Crippen molar-refractivity contribution in [2.24, 2.45) is 7.05 Å². The summed E-state index contributed by atoms with van der Waals surface area (Å²) in [4.78, 5) is 10.3. The van der Waals surface area contributed by atoms with Gasteiger partial charge in [-0.1, -0.05) is 0 Å². The molecule has 0 atom stereocenters. The minimum absolute atomic E-state index is 0. The van der Waals surface area contributed by atoms with E-state index in [1.54, 1.807) is 10.8 Å². The number of carboxylic acids is 1. The van der Waals surface area contributed by atoms with E-state index in [9.17, 15) is 4.79 Å². The molecule has 0 bridgehead atoms. The van der Waals surface area contributed by atoms with Crippen LogP contribution in [0.3, 0.4) is 0 Å². The quantitative estimate of drug-likeness (QED) is 0.456. The van der Waals surface area contributed by atoms with Gasteiger partial charge in [-0.15, -0.1) is 0 Å². The van der Waals surface area contributed by atoms with Crippen LogP contribution in [-0.4, -0.2) is 15.6 Å². The Morgan fingerprint density at radius 3 is 2.67 bits per heavy atom. The molecule has 0 unspecified atom stereocenters. The molecule has 1 aromatic heterocycles. The molecule has 0 aliphatic carbocycles. The van der Waals surface area contributed by atoms with Crippen molar-refractivity contribution in [1.29, 1.82) is 0 Å². The topological polar surface area (TPSA) is 46.1 Å². The lowest BCUT2D eigenvalue weighted by Crippen LogP contribution is -3.00. The molecule has 0 aliphatic rings. The minimum Gasteiger partial charge on any atom is -1.00 e. The molecule has 1 heterocycles. The van der Waals surface area contributed by atoms with E-state index < -0.39 is 5.97 Å². The number of aliphatic carboxylic acids is 1. The van der Waals surface area contributed by atoms with Crippen LogP contribution in [0, 0.1) is 6.92 Å². The van der Waals surface area contributed by atoms with E-state index >= 15 is 0 Å². The average Bonchev–Trinajstić information content (AvgIpc) is 2.18. The van der Waals surface area contributed by atoms with Gasteiger partial charge in [0.05, 0.1) is 7.05 Å². The standard InChI is InChI=1S/C7H10N2O2.HI/c1-6-8(2)3-4-9(6)5-7(10)11;/h3-4H,5H2,1-2H3;1H. The van der Waals surface area contributed by atoms with Crippen LogP contribution in [-0.2, 0) is 18.4 Å². The van der Waals surface area contributed by atoms with Crippen LogP contribution in [0.1, 0.15) is 5.82 Å². The molecule has 1 aromatic rings. The van der Waals surface area contributed by atoms with Crippen molar-refractivity contribution in [3.8, 4) is 0 Å². The van der Waals surface area contributed by atoms with E-state index in [4.69, 9.17) is 5.11 Å². The highest BCUT2D eigenvalue weighted by molar-refractivity contribution is 5.66. The summed E-state index contributed by atoms with van der Waals surface area (Å²) in [6, 6.07) is 0. The summed E-state index contributed by atoms with van der Waals surface area (Å²) in [5, 5.41) is 8.47. The number of carbonyl (C=O) groups is 1. The Morgan fingerprint density at radius 2 is 2.33 bits per heavy atom. The molecule has 0 spiro atoms. The summed E-state index contributed by atoms with van der Waals surface area (Å²) < 4.78 is 3.56.